The van der Waals surface area contributed by atoms with Crippen LogP contribution in [0.5, 0.6) is 5.75 Å². The predicted molar refractivity (Wildman–Crippen MR) is 144 cm³/mol. The van der Waals surface area contributed by atoms with Gasteiger partial charge in [0.2, 0.25) is 0 Å². The lowest BCUT2D eigenvalue weighted by Gasteiger charge is -2.31. The maximum atomic E-state index is 12.4. The van der Waals surface area contributed by atoms with Crippen LogP contribution in [0.3, 0.4) is 0 Å². The summed E-state index contributed by atoms with van der Waals surface area (Å²) in [5, 5.41) is 5.77. The fourth-order valence-electron chi connectivity index (χ4n) is 4.66. The third kappa shape index (κ3) is 6.56. The van der Waals surface area contributed by atoms with E-state index in [1.165, 1.54) is 10.8 Å². The summed E-state index contributed by atoms with van der Waals surface area (Å²) in [7, 11) is -3.37. The highest BCUT2D eigenvalue weighted by molar-refractivity contribution is 7.91. The molecule has 192 valence electrons. The van der Waals surface area contributed by atoms with Crippen molar-refractivity contribution in [1.82, 2.24) is 5.32 Å². The highest BCUT2D eigenvalue weighted by Gasteiger charge is 2.28. The first-order chi connectivity index (χ1) is 18.1. The Morgan fingerprint density at radius 3 is 2.41 bits per heavy atom. The summed E-state index contributed by atoms with van der Waals surface area (Å²) in [5.74, 6) is 0.758. The summed E-state index contributed by atoms with van der Waals surface area (Å²) in [6.45, 7) is 2.09. The second kappa shape index (κ2) is 11.9. The van der Waals surface area contributed by atoms with Crippen molar-refractivity contribution in [1.29, 1.82) is 0 Å². The van der Waals surface area contributed by atoms with Crippen molar-refractivity contribution in [3.8, 4) is 5.75 Å². The zero-order valence-electron chi connectivity index (χ0n) is 20.6. The van der Waals surface area contributed by atoms with Crippen LogP contribution in [-0.2, 0) is 26.2 Å². The SMILES string of the molecule is O=S(=O)(CCOc1ccc(C2CCNCC2OOCc2ccc3ccccc3c2)cc1)c1ccccc1. The number of benzene rings is 4. The molecule has 1 aliphatic rings. The van der Waals surface area contributed by atoms with Gasteiger partial charge in [0.05, 0.1) is 10.6 Å². The molecule has 0 spiro atoms. The zero-order chi connectivity index (χ0) is 25.5. The van der Waals surface area contributed by atoms with Crippen LogP contribution in [0.25, 0.3) is 10.8 Å². The van der Waals surface area contributed by atoms with Gasteiger partial charge in [-0.15, -0.1) is 0 Å². The molecule has 1 fully saturated rings. The van der Waals surface area contributed by atoms with Crippen LogP contribution in [0.2, 0.25) is 0 Å². The molecule has 1 N–H and O–H groups in total. The van der Waals surface area contributed by atoms with Crippen molar-refractivity contribution in [2.75, 3.05) is 25.4 Å². The van der Waals surface area contributed by atoms with Gasteiger partial charge in [0, 0.05) is 12.5 Å². The largest absolute Gasteiger partial charge is 0.493 e. The van der Waals surface area contributed by atoms with Crippen molar-refractivity contribution >= 4 is 20.6 Å². The molecule has 0 aromatic heterocycles. The average molecular weight is 518 g/mol. The summed E-state index contributed by atoms with van der Waals surface area (Å²) >= 11 is 0. The Hall–Kier alpha value is -3.23. The first-order valence-corrected chi connectivity index (χ1v) is 14.2. The molecule has 7 heteroatoms. The number of hydrogen-bond acceptors (Lipinski definition) is 6. The molecule has 0 aliphatic carbocycles. The minimum atomic E-state index is -3.37. The van der Waals surface area contributed by atoms with Crippen LogP contribution in [0.4, 0.5) is 0 Å². The molecular weight excluding hydrogens is 486 g/mol. The second-order valence-corrected chi connectivity index (χ2v) is 11.3. The predicted octanol–water partition coefficient (Wildman–Crippen LogP) is 5.29. The van der Waals surface area contributed by atoms with Gasteiger partial charge in [-0.2, -0.15) is 0 Å². The number of ether oxygens (including phenoxy) is 1. The summed E-state index contributed by atoms with van der Waals surface area (Å²) in [6, 6.07) is 30.8. The Morgan fingerprint density at radius 2 is 1.59 bits per heavy atom. The maximum Gasteiger partial charge on any atom is 0.181 e. The molecule has 0 saturated carbocycles. The minimum absolute atomic E-state index is 0.0719. The number of fused-ring (bicyclic) bond motifs is 1. The van der Waals surface area contributed by atoms with Crippen molar-refractivity contribution in [2.45, 2.75) is 29.9 Å². The molecule has 0 bridgehead atoms. The van der Waals surface area contributed by atoms with E-state index in [0.29, 0.717) is 23.8 Å². The van der Waals surface area contributed by atoms with Gasteiger partial charge in [0.1, 0.15) is 25.1 Å². The number of nitrogens with one attached hydrogen (secondary N) is 1. The average Bonchev–Trinajstić information content (AvgIpc) is 2.94. The highest BCUT2D eigenvalue weighted by Crippen LogP contribution is 2.29. The van der Waals surface area contributed by atoms with Gasteiger partial charge < -0.3 is 10.1 Å². The summed E-state index contributed by atoms with van der Waals surface area (Å²) in [4.78, 5) is 11.9. The number of rotatable bonds is 10. The third-order valence-electron chi connectivity index (χ3n) is 6.69. The number of hydrogen-bond donors (Lipinski definition) is 1. The Balaban J connectivity index is 1.14. The molecule has 2 unspecified atom stereocenters. The van der Waals surface area contributed by atoms with Crippen LogP contribution < -0.4 is 10.1 Å². The molecule has 4 aromatic rings. The van der Waals surface area contributed by atoms with E-state index in [0.717, 1.165) is 24.1 Å². The van der Waals surface area contributed by atoms with Crippen molar-refractivity contribution in [2.24, 2.45) is 0 Å². The van der Waals surface area contributed by atoms with E-state index in [2.05, 4.69) is 35.6 Å². The first kappa shape index (κ1) is 25.4. The number of sulfone groups is 1. The Kier molecular flexibility index (Phi) is 8.16. The van der Waals surface area contributed by atoms with Gasteiger partial charge in [-0.3, -0.25) is 0 Å². The molecule has 6 nitrogen and oxygen atoms in total. The lowest BCUT2D eigenvalue weighted by molar-refractivity contribution is -0.337. The lowest BCUT2D eigenvalue weighted by Crippen LogP contribution is -2.41. The zero-order valence-corrected chi connectivity index (χ0v) is 21.4. The molecule has 0 radical (unpaired) electrons. The first-order valence-electron chi connectivity index (χ1n) is 12.6. The van der Waals surface area contributed by atoms with Crippen molar-refractivity contribution in [3.05, 3.63) is 108 Å². The minimum Gasteiger partial charge on any atom is -0.493 e. The molecule has 1 saturated heterocycles. The smallest absolute Gasteiger partial charge is 0.181 e. The molecule has 0 amide bonds. The van der Waals surface area contributed by atoms with E-state index in [-0.39, 0.29) is 24.4 Å². The molecule has 1 aliphatic heterocycles. The monoisotopic (exact) mass is 517 g/mol. The topological polar surface area (TPSA) is 73.9 Å². The van der Waals surface area contributed by atoms with E-state index >= 15 is 0 Å². The van der Waals surface area contributed by atoms with E-state index < -0.39 is 9.84 Å². The third-order valence-corrected chi connectivity index (χ3v) is 8.38. The number of piperidine rings is 1. The fourth-order valence-corrected chi connectivity index (χ4v) is 5.77. The molecular formula is C30H31NO5S. The van der Waals surface area contributed by atoms with Crippen LogP contribution >= 0.6 is 0 Å². The molecule has 2 atom stereocenters. The van der Waals surface area contributed by atoms with Crippen LogP contribution in [-0.4, -0.2) is 40.0 Å². The van der Waals surface area contributed by atoms with E-state index in [4.69, 9.17) is 14.5 Å². The Morgan fingerprint density at radius 1 is 0.838 bits per heavy atom. The Labute approximate surface area is 218 Å². The van der Waals surface area contributed by atoms with Gasteiger partial charge in [-0.05, 0) is 65.2 Å². The summed E-state index contributed by atoms with van der Waals surface area (Å²) in [6.07, 6.45) is 0.816. The summed E-state index contributed by atoms with van der Waals surface area (Å²) in [5.41, 5.74) is 2.21. The lowest BCUT2D eigenvalue weighted by atomic mass is 9.88. The quantitative estimate of drug-likeness (QED) is 0.228. The molecule has 4 aromatic carbocycles. The van der Waals surface area contributed by atoms with Gasteiger partial charge >= 0.3 is 0 Å². The van der Waals surface area contributed by atoms with E-state index in [9.17, 15) is 8.42 Å². The van der Waals surface area contributed by atoms with Crippen molar-refractivity contribution < 1.29 is 22.9 Å². The van der Waals surface area contributed by atoms with Crippen LogP contribution in [0, 0.1) is 0 Å². The van der Waals surface area contributed by atoms with Gasteiger partial charge in [-0.1, -0.05) is 66.7 Å². The fraction of sp³-hybridized carbons (Fsp3) is 0.267. The maximum absolute atomic E-state index is 12.4. The van der Waals surface area contributed by atoms with Crippen LogP contribution in [0.1, 0.15) is 23.5 Å². The van der Waals surface area contributed by atoms with Gasteiger partial charge in [0.15, 0.2) is 9.84 Å². The standard InChI is InChI=1S/C30H31NO5S/c32-37(33,28-8-2-1-3-9-28)19-18-34-27-14-12-25(13-15-27)29-16-17-31-21-30(29)36-35-22-23-10-11-24-6-4-5-7-26(24)20-23/h1-15,20,29-31H,16-19,21-22H2. The normalized spacial score (nSPS) is 18.1. The molecule has 5 rings (SSSR count). The molecule has 37 heavy (non-hydrogen) atoms. The second-order valence-electron chi connectivity index (χ2n) is 9.23. The van der Waals surface area contributed by atoms with Crippen LogP contribution in [0.15, 0.2) is 102 Å². The Bertz CT molecular complexity index is 1410. The summed E-state index contributed by atoms with van der Waals surface area (Å²) < 4.78 is 30.6. The van der Waals surface area contributed by atoms with Gasteiger partial charge in [-0.25, -0.2) is 18.2 Å². The van der Waals surface area contributed by atoms with Crippen molar-refractivity contribution in [3.63, 3.8) is 0 Å². The van der Waals surface area contributed by atoms with Gasteiger partial charge in [0.25, 0.3) is 0 Å². The molecule has 1 heterocycles. The highest BCUT2D eigenvalue weighted by atomic mass is 32.2. The van der Waals surface area contributed by atoms with E-state index in [1.807, 2.05) is 36.4 Å². The van der Waals surface area contributed by atoms with E-state index in [1.54, 1.807) is 30.3 Å².